The second-order valence-electron chi connectivity index (χ2n) is 8.82. The van der Waals surface area contributed by atoms with Crippen LogP contribution in [0.3, 0.4) is 0 Å². The van der Waals surface area contributed by atoms with E-state index in [9.17, 15) is 22.7 Å². The van der Waals surface area contributed by atoms with Gasteiger partial charge in [-0.3, -0.25) is 9.11 Å². The van der Waals surface area contributed by atoms with Crippen LogP contribution < -0.4 is 8.61 Å². The highest BCUT2D eigenvalue weighted by Crippen LogP contribution is 2.64. The number of carbonyl (C=O) groups excluding carboxylic acids is 1. The number of para-hydroxylation sites is 3. The van der Waals surface area contributed by atoms with Crippen molar-refractivity contribution in [3.8, 4) is 0 Å². The third kappa shape index (κ3) is 4.58. The summed E-state index contributed by atoms with van der Waals surface area (Å²) in [4.78, 5) is 14.0. The van der Waals surface area contributed by atoms with E-state index in [4.69, 9.17) is 9.47 Å². The molecule has 2 aliphatic rings. The molecule has 0 aromatic heterocycles. The van der Waals surface area contributed by atoms with E-state index in [0.717, 1.165) is 16.4 Å². The van der Waals surface area contributed by atoms with Crippen molar-refractivity contribution in [1.82, 2.24) is 4.90 Å². The van der Waals surface area contributed by atoms with E-state index in [1.807, 2.05) is 0 Å². The van der Waals surface area contributed by atoms with Gasteiger partial charge in [0.05, 0.1) is 37.2 Å². The second kappa shape index (κ2) is 8.64. The van der Waals surface area contributed by atoms with Gasteiger partial charge in [0, 0.05) is 6.54 Å². The Balaban J connectivity index is 1.62. The number of fused-ring (bicyclic) bond motifs is 1. The number of amides is 1. The highest BCUT2D eigenvalue weighted by molar-refractivity contribution is 8.27. The Kier molecular flexibility index (Phi) is 6.16. The first-order chi connectivity index (χ1) is 15.5. The fourth-order valence-electron chi connectivity index (χ4n) is 3.84. The summed E-state index contributed by atoms with van der Waals surface area (Å²) < 4.78 is 65.0. The molecule has 8 nitrogen and oxygen atoms in total. The minimum atomic E-state index is -3.88. The molecule has 0 bridgehead atoms. The van der Waals surface area contributed by atoms with Crippen LogP contribution in [0.4, 0.5) is 30.6 Å². The standard InChI is InChI=1S/C22H27F2N3O5S/c1-22(2,3)32-21(28)25-11-12-31-15(13-25)14-26-18-9-4-5-10-19(18)27(33(26,29)30)20-16(23)7-6-8-17(20)24/h4-10,15,29-30H,11-14H2,1-3H3. The molecule has 0 radical (unpaired) electrons. The van der Waals surface area contributed by atoms with Gasteiger partial charge in [-0.2, -0.15) is 0 Å². The Morgan fingerprint density at radius 2 is 1.76 bits per heavy atom. The van der Waals surface area contributed by atoms with Crippen LogP contribution in [0.2, 0.25) is 0 Å². The molecule has 0 saturated carbocycles. The lowest BCUT2D eigenvalue weighted by atomic mass is 10.2. The Morgan fingerprint density at radius 1 is 1.12 bits per heavy atom. The number of nitrogens with zero attached hydrogens (tertiary/aromatic N) is 3. The monoisotopic (exact) mass is 483 g/mol. The maximum absolute atomic E-state index is 14.6. The lowest BCUT2D eigenvalue weighted by Crippen LogP contribution is -2.51. The van der Waals surface area contributed by atoms with Crippen LogP contribution in [0.25, 0.3) is 0 Å². The molecule has 1 amide bonds. The molecule has 1 fully saturated rings. The van der Waals surface area contributed by atoms with Crippen molar-refractivity contribution in [3.63, 3.8) is 0 Å². The predicted molar refractivity (Wildman–Crippen MR) is 123 cm³/mol. The van der Waals surface area contributed by atoms with Gasteiger partial charge in [0.15, 0.2) is 11.6 Å². The van der Waals surface area contributed by atoms with Crippen LogP contribution in [0, 0.1) is 11.6 Å². The van der Waals surface area contributed by atoms with Gasteiger partial charge in [-0.25, -0.2) is 22.2 Å². The van der Waals surface area contributed by atoms with Crippen molar-refractivity contribution in [2.75, 3.05) is 34.9 Å². The van der Waals surface area contributed by atoms with Crippen LogP contribution >= 0.6 is 11.0 Å². The van der Waals surface area contributed by atoms with Gasteiger partial charge < -0.3 is 14.4 Å². The zero-order valence-corrected chi connectivity index (χ0v) is 19.4. The zero-order chi connectivity index (χ0) is 24.0. The summed E-state index contributed by atoms with van der Waals surface area (Å²) in [6.07, 6.45) is -1.07. The summed E-state index contributed by atoms with van der Waals surface area (Å²) >= 11 is 0. The van der Waals surface area contributed by atoms with Gasteiger partial charge >= 0.3 is 6.09 Å². The van der Waals surface area contributed by atoms with Gasteiger partial charge in [0.1, 0.15) is 11.3 Å². The summed E-state index contributed by atoms with van der Waals surface area (Å²) in [5, 5.41) is 0. The van der Waals surface area contributed by atoms with E-state index < -0.39 is 46.1 Å². The molecule has 2 aliphatic heterocycles. The van der Waals surface area contributed by atoms with E-state index in [1.165, 1.54) is 15.3 Å². The average molecular weight is 484 g/mol. The van der Waals surface area contributed by atoms with Crippen LogP contribution in [0.5, 0.6) is 0 Å². The van der Waals surface area contributed by atoms with Crippen molar-refractivity contribution >= 4 is 34.1 Å². The first kappa shape index (κ1) is 23.6. The summed E-state index contributed by atoms with van der Waals surface area (Å²) in [5.74, 6) is -1.84. The number of halogens is 2. The normalized spacial score (nSPS) is 21.1. The number of morpholine rings is 1. The van der Waals surface area contributed by atoms with Crippen molar-refractivity contribution < 1.29 is 32.2 Å². The molecular weight excluding hydrogens is 456 g/mol. The highest BCUT2D eigenvalue weighted by atomic mass is 32.3. The van der Waals surface area contributed by atoms with Crippen LogP contribution in [0.1, 0.15) is 20.8 Å². The molecule has 2 heterocycles. The average Bonchev–Trinajstić information content (AvgIpc) is 2.94. The molecule has 180 valence electrons. The quantitative estimate of drug-likeness (QED) is 0.625. The first-order valence-electron chi connectivity index (χ1n) is 10.5. The fourth-order valence-corrected chi connectivity index (χ4v) is 5.66. The van der Waals surface area contributed by atoms with E-state index in [1.54, 1.807) is 45.0 Å². The Bertz CT molecular complexity index is 1030. The van der Waals surface area contributed by atoms with Crippen LogP contribution in [-0.4, -0.2) is 58.0 Å². The minimum absolute atomic E-state index is 0.0226. The zero-order valence-electron chi connectivity index (χ0n) is 18.6. The number of ether oxygens (including phenoxy) is 2. The maximum atomic E-state index is 14.6. The predicted octanol–water partition coefficient (Wildman–Crippen LogP) is 5.14. The number of carbonyl (C=O) groups is 1. The van der Waals surface area contributed by atoms with Gasteiger partial charge in [0.25, 0.3) is 0 Å². The van der Waals surface area contributed by atoms with Crippen molar-refractivity contribution in [3.05, 3.63) is 54.1 Å². The van der Waals surface area contributed by atoms with Crippen molar-refractivity contribution in [2.24, 2.45) is 0 Å². The molecule has 1 saturated heterocycles. The highest BCUT2D eigenvalue weighted by Gasteiger charge is 2.45. The Hall–Kier alpha value is -2.60. The molecule has 1 atom stereocenters. The Labute approximate surface area is 192 Å². The minimum Gasteiger partial charge on any atom is -0.444 e. The van der Waals surface area contributed by atoms with Crippen molar-refractivity contribution in [2.45, 2.75) is 32.5 Å². The van der Waals surface area contributed by atoms with Crippen molar-refractivity contribution in [1.29, 1.82) is 0 Å². The number of hydrogen-bond donors (Lipinski definition) is 2. The summed E-state index contributed by atoms with van der Waals surface area (Å²) in [6.45, 7) is 6.04. The fraction of sp³-hybridized carbons (Fsp3) is 0.409. The van der Waals surface area contributed by atoms with Gasteiger partial charge in [-0.15, -0.1) is 0 Å². The molecular formula is C22H27F2N3O5S. The Morgan fingerprint density at radius 3 is 2.39 bits per heavy atom. The molecule has 4 rings (SSSR count). The van der Waals surface area contributed by atoms with Gasteiger partial charge in [0.2, 0.25) is 0 Å². The number of hydrogen-bond acceptors (Lipinski definition) is 7. The van der Waals surface area contributed by atoms with E-state index >= 15 is 0 Å². The molecule has 0 spiro atoms. The van der Waals surface area contributed by atoms with Crippen LogP contribution in [0.15, 0.2) is 42.5 Å². The third-order valence-electron chi connectivity index (χ3n) is 5.21. The molecule has 0 aliphatic carbocycles. The second-order valence-corrected chi connectivity index (χ2v) is 10.6. The maximum Gasteiger partial charge on any atom is 0.410 e. The number of anilines is 3. The van der Waals surface area contributed by atoms with E-state index in [0.29, 0.717) is 12.2 Å². The first-order valence-corrected chi connectivity index (χ1v) is 11.9. The largest absolute Gasteiger partial charge is 0.444 e. The summed E-state index contributed by atoms with van der Waals surface area (Å²) in [6, 6.07) is 9.86. The molecule has 2 N–H and O–H groups in total. The SMILES string of the molecule is CC(C)(C)OC(=O)N1CCOC(CN2c3ccccc3N(c3c(F)cccc3F)S2(O)O)C1. The molecule has 33 heavy (non-hydrogen) atoms. The van der Waals surface area contributed by atoms with Crippen LogP contribution in [-0.2, 0) is 9.47 Å². The lowest BCUT2D eigenvalue weighted by Gasteiger charge is -2.45. The smallest absolute Gasteiger partial charge is 0.410 e. The lowest BCUT2D eigenvalue weighted by molar-refractivity contribution is -0.0381. The topological polar surface area (TPSA) is 85.7 Å². The third-order valence-corrected chi connectivity index (χ3v) is 7.02. The van der Waals surface area contributed by atoms with Gasteiger partial charge in [-0.05, 0) is 56.0 Å². The molecule has 2 aromatic rings. The van der Waals surface area contributed by atoms with E-state index in [2.05, 4.69) is 0 Å². The molecule has 11 heteroatoms. The van der Waals surface area contributed by atoms with Gasteiger partial charge in [-0.1, -0.05) is 18.2 Å². The summed E-state index contributed by atoms with van der Waals surface area (Å²) in [7, 11) is -3.88. The van der Waals surface area contributed by atoms with E-state index in [-0.39, 0.29) is 25.4 Å². The summed E-state index contributed by atoms with van der Waals surface area (Å²) in [5.41, 5.74) is -0.564. The number of benzene rings is 2. The molecule has 1 unspecified atom stereocenters. The number of rotatable bonds is 3. The molecule has 2 aromatic carbocycles.